The molecule has 0 spiro atoms. The van der Waals surface area contributed by atoms with Crippen molar-refractivity contribution in [3.8, 4) is 11.3 Å². The van der Waals surface area contributed by atoms with E-state index in [0.717, 1.165) is 39.9 Å². The van der Waals surface area contributed by atoms with E-state index in [1.807, 2.05) is 60.7 Å². The van der Waals surface area contributed by atoms with Crippen molar-refractivity contribution in [2.75, 3.05) is 31.2 Å². The molecule has 40 heavy (non-hydrogen) atoms. The number of carbonyl (C=O) groups is 1. The molecule has 5 aromatic rings. The van der Waals surface area contributed by atoms with Crippen molar-refractivity contribution in [3.05, 3.63) is 111 Å². The van der Waals surface area contributed by atoms with Gasteiger partial charge in [0.25, 0.3) is 11.5 Å². The van der Waals surface area contributed by atoms with Crippen LogP contribution in [0.1, 0.15) is 20.9 Å². The predicted octanol–water partition coefficient (Wildman–Crippen LogP) is 4.17. The summed E-state index contributed by atoms with van der Waals surface area (Å²) in [6, 6.07) is 26.4. The van der Waals surface area contributed by atoms with Crippen LogP contribution in [0, 0.1) is 0 Å². The van der Waals surface area contributed by atoms with Gasteiger partial charge in [-0.05, 0) is 11.6 Å². The van der Waals surface area contributed by atoms with Gasteiger partial charge in [0.2, 0.25) is 0 Å². The average molecular weight is 551 g/mol. The summed E-state index contributed by atoms with van der Waals surface area (Å²) in [5.41, 5.74) is 5.16. The van der Waals surface area contributed by atoms with Crippen LogP contribution < -0.4 is 15.9 Å². The number of anilines is 1. The lowest BCUT2D eigenvalue weighted by atomic mass is 10.1. The summed E-state index contributed by atoms with van der Waals surface area (Å²) in [7, 11) is 0. The molecule has 200 valence electrons. The number of rotatable bonds is 7. The summed E-state index contributed by atoms with van der Waals surface area (Å²) in [4.78, 5) is 34.4. The fraction of sp³-hybridized carbons (Fsp3) is 0.167. The van der Waals surface area contributed by atoms with Crippen LogP contribution in [-0.4, -0.2) is 53.2 Å². The molecule has 0 unspecified atom stereocenters. The van der Waals surface area contributed by atoms with Gasteiger partial charge in [-0.1, -0.05) is 90.2 Å². The molecule has 1 amide bonds. The number of morpholine rings is 1. The Morgan fingerprint density at radius 2 is 1.62 bits per heavy atom. The SMILES string of the molecule is O=C(NN=Cc1sc(N2CCOCC2)nc1-c1ccccc1)c1nn(Cc2ccccc2)c(=O)c2ccccc12. The molecule has 0 saturated carbocycles. The lowest BCUT2D eigenvalue weighted by molar-refractivity contribution is 0.0949. The van der Waals surface area contributed by atoms with Crippen LogP contribution in [0.5, 0.6) is 0 Å². The zero-order valence-electron chi connectivity index (χ0n) is 21.6. The third-order valence-corrected chi connectivity index (χ3v) is 7.63. The molecule has 0 aliphatic carbocycles. The highest BCUT2D eigenvalue weighted by Gasteiger charge is 2.20. The van der Waals surface area contributed by atoms with Gasteiger partial charge >= 0.3 is 0 Å². The van der Waals surface area contributed by atoms with E-state index in [1.54, 1.807) is 30.5 Å². The van der Waals surface area contributed by atoms with Gasteiger partial charge in [0.05, 0.1) is 41.9 Å². The minimum Gasteiger partial charge on any atom is -0.378 e. The Hall–Kier alpha value is -4.67. The van der Waals surface area contributed by atoms with E-state index in [4.69, 9.17) is 9.72 Å². The number of aromatic nitrogens is 3. The standard InChI is InChI=1S/C30H26N6O3S/c37-28(27-23-13-7-8-14-24(23)29(38)36(34-27)20-21-9-3-1-4-10-21)33-31-19-25-26(22-11-5-2-6-12-22)32-30(40-25)35-15-17-39-18-16-35/h1-14,19H,15-18,20H2,(H,33,37). The van der Waals surface area contributed by atoms with Crippen LogP contribution in [0.4, 0.5) is 5.13 Å². The molecule has 1 saturated heterocycles. The van der Waals surface area contributed by atoms with Crippen molar-refractivity contribution < 1.29 is 9.53 Å². The molecule has 3 aromatic carbocycles. The first-order valence-electron chi connectivity index (χ1n) is 12.9. The molecule has 1 aliphatic heterocycles. The third kappa shape index (κ3) is 5.40. The number of fused-ring (bicyclic) bond motifs is 1. The third-order valence-electron chi connectivity index (χ3n) is 6.58. The number of nitrogens with zero attached hydrogens (tertiary/aromatic N) is 5. The van der Waals surface area contributed by atoms with Gasteiger partial charge < -0.3 is 9.64 Å². The van der Waals surface area contributed by atoms with Crippen LogP contribution in [0.2, 0.25) is 0 Å². The number of hydrogen-bond acceptors (Lipinski definition) is 8. The first kappa shape index (κ1) is 25.6. The average Bonchev–Trinajstić information content (AvgIpc) is 3.44. The van der Waals surface area contributed by atoms with E-state index in [2.05, 4.69) is 20.5 Å². The molecule has 1 aliphatic rings. The molecule has 10 heteroatoms. The smallest absolute Gasteiger partial charge is 0.292 e. The van der Waals surface area contributed by atoms with Crippen molar-refractivity contribution in [1.82, 2.24) is 20.2 Å². The van der Waals surface area contributed by atoms with Crippen molar-refractivity contribution in [1.29, 1.82) is 0 Å². The second-order valence-electron chi connectivity index (χ2n) is 9.22. The first-order valence-corrected chi connectivity index (χ1v) is 13.7. The number of amides is 1. The topological polar surface area (TPSA) is 102 Å². The second kappa shape index (κ2) is 11.6. The highest BCUT2D eigenvalue weighted by molar-refractivity contribution is 7.17. The van der Waals surface area contributed by atoms with Gasteiger partial charge in [0.1, 0.15) is 0 Å². The van der Waals surface area contributed by atoms with Crippen LogP contribution in [-0.2, 0) is 11.3 Å². The van der Waals surface area contributed by atoms with Gasteiger partial charge in [-0.15, -0.1) is 0 Å². The number of ether oxygens (including phenoxy) is 1. The molecule has 0 bridgehead atoms. The molecule has 3 heterocycles. The Balaban J connectivity index is 1.30. The van der Waals surface area contributed by atoms with E-state index in [-0.39, 0.29) is 17.8 Å². The summed E-state index contributed by atoms with van der Waals surface area (Å²) in [5, 5.41) is 10.5. The van der Waals surface area contributed by atoms with E-state index in [1.165, 1.54) is 16.0 Å². The lowest BCUT2D eigenvalue weighted by Crippen LogP contribution is -2.36. The van der Waals surface area contributed by atoms with Gasteiger partial charge in [-0.25, -0.2) is 15.1 Å². The Labute approximate surface area is 234 Å². The normalized spacial score (nSPS) is 13.7. The molecule has 0 atom stereocenters. The minimum atomic E-state index is -0.506. The largest absolute Gasteiger partial charge is 0.378 e. The van der Waals surface area contributed by atoms with Crippen LogP contribution in [0.3, 0.4) is 0 Å². The highest BCUT2D eigenvalue weighted by atomic mass is 32.1. The van der Waals surface area contributed by atoms with Crippen molar-refractivity contribution >= 4 is 39.4 Å². The van der Waals surface area contributed by atoms with E-state index in [9.17, 15) is 9.59 Å². The fourth-order valence-electron chi connectivity index (χ4n) is 4.57. The molecule has 9 nitrogen and oxygen atoms in total. The van der Waals surface area contributed by atoms with Crippen molar-refractivity contribution in [3.63, 3.8) is 0 Å². The summed E-state index contributed by atoms with van der Waals surface area (Å²) < 4.78 is 6.81. The Kier molecular flexibility index (Phi) is 7.43. The number of carbonyl (C=O) groups excluding carboxylic acids is 1. The summed E-state index contributed by atoms with van der Waals surface area (Å²) in [6.07, 6.45) is 1.62. The maximum absolute atomic E-state index is 13.3. The van der Waals surface area contributed by atoms with Gasteiger partial charge in [0.15, 0.2) is 10.8 Å². The minimum absolute atomic E-state index is 0.130. The zero-order valence-corrected chi connectivity index (χ0v) is 22.4. The van der Waals surface area contributed by atoms with Gasteiger partial charge in [0, 0.05) is 24.0 Å². The van der Waals surface area contributed by atoms with Crippen molar-refractivity contribution in [2.24, 2.45) is 5.10 Å². The number of benzene rings is 3. The van der Waals surface area contributed by atoms with Gasteiger partial charge in [-0.3, -0.25) is 9.59 Å². The molecule has 6 rings (SSSR count). The molecular formula is C30H26N6O3S. The number of hydrogen-bond donors (Lipinski definition) is 1. The molecule has 1 fully saturated rings. The van der Waals surface area contributed by atoms with E-state index < -0.39 is 5.91 Å². The van der Waals surface area contributed by atoms with Gasteiger partial charge in [-0.2, -0.15) is 10.2 Å². The molecule has 0 radical (unpaired) electrons. The van der Waals surface area contributed by atoms with E-state index in [0.29, 0.717) is 24.0 Å². The molecule has 1 N–H and O–H groups in total. The zero-order chi connectivity index (χ0) is 27.3. The quantitative estimate of drug-likeness (QED) is 0.241. The second-order valence-corrected chi connectivity index (χ2v) is 10.2. The Morgan fingerprint density at radius 1 is 0.950 bits per heavy atom. The van der Waals surface area contributed by atoms with Crippen molar-refractivity contribution in [2.45, 2.75) is 6.54 Å². The molecular weight excluding hydrogens is 524 g/mol. The maximum Gasteiger partial charge on any atom is 0.292 e. The lowest BCUT2D eigenvalue weighted by Gasteiger charge is -2.26. The van der Waals surface area contributed by atoms with Crippen LogP contribution >= 0.6 is 11.3 Å². The van der Waals surface area contributed by atoms with E-state index >= 15 is 0 Å². The summed E-state index contributed by atoms with van der Waals surface area (Å²) >= 11 is 1.51. The fourth-order valence-corrected chi connectivity index (χ4v) is 5.58. The predicted molar refractivity (Wildman–Crippen MR) is 157 cm³/mol. The van der Waals surface area contributed by atoms with Crippen LogP contribution in [0.15, 0.2) is 94.8 Å². The number of hydrazone groups is 1. The maximum atomic E-state index is 13.3. The molecule has 2 aromatic heterocycles. The monoisotopic (exact) mass is 550 g/mol. The first-order chi connectivity index (χ1) is 19.7. The number of nitrogens with one attached hydrogen (secondary N) is 1. The summed E-state index contributed by atoms with van der Waals surface area (Å²) in [5.74, 6) is -0.506. The highest BCUT2D eigenvalue weighted by Crippen LogP contribution is 2.32. The number of thiazole rings is 1. The Morgan fingerprint density at radius 3 is 2.38 bits per heavy atom. The summed E-state index contributed by atoms with van der Waals surface area (Å²) in [6.45, 7) is 3.11. The van der Waals surface area contributed by atoms with Crippen LogP contribution in [0.25, 0.3) is 22.0 Å². The Bertz CT molecular complexity index is 1730.